The second-order valence-corrected chi connectivity index (χ2v) is 3.94. The summed E-state index contributed by atoms with van der Waals surface area (Å²) < 4.78 is 5.63. The highest BCUT2D eigenvalue weighted by Crippen LogP contribution is 2.47. The Kier molecular flexibility index (Phi) is 2.14. The molecule has 0 radical (unpaired) electrons. The minimum absolute atomic E-state index is 0.646. The van der Waals surface area contributed by atoms with E-state index >= 15 is 0 Å². The van der Waals surface area contributed by atoms with Crippen LogP contribution in [0.25, 0.3) is 0 Å². The van der Waals surface area contributed by atoms with Gasteiger partial charge in [0.1, 0.15) is 11.5 Å². The van der Waals surface area contributed by atoms with Gasteiger partial charge in [0.2, 0.25) is 0 Å². The van der Waals surface area contributed by atoms with Crippen molar-refractivity contribution >= 4 is 11.6 Å². The van der Waals surface area contributed by atoms with Gasteiger partial charge in [-0.2, -0.15) is 0 Å². The van der Waals surface area contributed by atoms with Crippen LogP contribution in [-0.4, -0.2) is 5.88 Å². The van der Waals surface area contributed by atoms with E-state index in [4.69, 9.17) is 16.0 Å². The van der Waals surface area contributed by atoms with E-state index in [9.17, 15) is 0 Å². The van der Waals surface area contributed by atoms with Crippen LogP contribution in [0.5, 0.6) is 0 Å². The third kappa shape index (κ3) is 1.51. The minimum Gasteiger partial charge on any atom is -0.466 e. The first-order valence-corrected chi connectivity index (χ1v) is 4.99. The summed E-state index contributed by atoms with van der Waals surface area (Å²) >= 11 is 5.61. The summed E-state index contributed by atoms with van der Waals surface area (Å²) in [5.41, 5.74) is 0. The van der Waals surface area contributed by atoms with Crippen molar-refractivity contribution in [2.45, 2.75) is 25.7 Å². The average molecular weight is 185 g/mol. The van der Waals surface area contributed by atoms with Gasteiger partial charge in [-0.25, -0.2) is 0 Å². The summed E-state index contributed by atoms with van der Waals surface area (Å²) in [5, 5.41) is 0. The fourth-order valence-corrected chi connectivity index (χ4v) is 1.73. The molecule has 1 aliphatic carbocycles. The normalized spacial score (nSPS) is 27.5. The molecule has 1 nitrogen and oxygen atoms in total. The van der Waals surface area contributed by atoms with Gasteiger partial charge in [0, 0.05) is 18.2 Å². The van der Waals surface area contributed by atoms with Gasteiger partial charge in [-0.1, -0.05) is 6.92 Å². The van der Waals surface area contributed by atoms with E-state index in [0.29, 0.717) is 11.8 Å². The van der Waals surface area contributed by atoms with Crippen molar-refractivity contribution in [2.75, 3.05) is 5.88 Å². The van der Waals surface area contributed by atoms with Crippen LogP contribution in [-0.2, 0) is 6.42 Å². The van der Waals surface area contributed by atoms with Crippen molar-refractivity contribution in [1.29, 1.82) is 0 Å². The first-order valence-electron chi connectivity index (χ1n) is 4.46. The van der Waals surface area contributed by atoms with Gasteiger partial charge in [0.15, 0.2) is 0 Å². The number of furan rings is 1. The maximum Gasteiger partial charge on any atom is 0.107 e. The predicted molar refractivity (Wildman–Crippen MR) is 49.7 cm³/mol. The van der Waals surface area contributed by atoms with Crippen molar-refractivity contribution in [3.05, 3.63) is 23.7 Å². The molecule has 0 saturated heterocycles. The number of halogens is 1. The molecule has 2 heteroatoms. The second kappa shape index (κ2) is 3.14. The summed E-state index contributed by atoms with van der Waals surface area (Å²) in [7, 11) is 0. The predicted octanol–water partition coefficient (Wildman–Crippen LogP) is 3.18. The highest BCUT2D eigenvalue weighted by molar-refractivity contribution is 6.17. The molecule has 0 spiro atoms. The quantitative estimate of drug-likeness (QED) is 0.658. The van der Waals surface area contributed by atoms with Crippen LogP contribution < -0.4 is 0 Å². The molecule has 66 valence electrons. The maximum absolute atomic E-state index is 5.63. The van der Waals surface area contributed by atoms with Crippen LogP contribution >= 0.6 is 11.6 Å². The van der Waals surface area contributed by atoms with E-state index in [1.807, 2.05) is 6.07 Å². The van der Waals surface area contributed by atoms with Gasteiger partial charge in [-0.15, -0.1) is 11.6 Å². The molecule has 1 aliphatic rings. The molecule has 1 heterocycles. The van der Waals surface area contributed by atoms with Crippen LogP contribution in [0, 0.1) is 5.92 Å². The second-order valence-electron chi connectivity index (χ2n) is 3.56. The Morgan fingerprint density at radius 2 is 2.33 bits per heavy atom. The summed E-state index contributed by atoms with van der Waals surface area (Å²) in [4.78, 5) is 0. The van der Waals surface area contributed by atoms with Gasteiger partial charge >= 0.3 is 0 Å². The lowest BCUT2D eigenvalue weighted by Crippen LogP contribution is -1.80. The molecule has 2 unspecified atom stereocenters. The number of hydrogen-bond donors (Lipinski definition) is 0. The largest absolute Gasteiger partial charge is 0.466 e. The number of alkyl halides is 1. The zero-order valence-electron chi connectivity index (χ0n) is 7.22. The summed E-state index contributed by atoms with van der Waals surface area (Å²) in [6.07, 6.45) is 2.14. The molecule has 1 saturated carbocycles. The van der Waals surface area contributed by atoms with Crippen LogP contribution in [0.1, 0.15) is 30.8 Å². The first kappa shape index (κ1) is 8.18. The van der Waals surface area contributed by atoms with Gasteiger partial charge in [-0.05, 0) is 24.5 Å². The van der Waals surface area contributed by atoms with Crippen molar-refractivity contribution in [3.8, 4) is 0 Å². The van der Waals surface area contributed by atoms with E-state index in [2.05, 4.69) is 13.0 Å². The fraction of sp³-hybridized carbons (Fsp3) is 0.600. The summed E-state index contributed by atoms with van der Waals surface area (Å²) in [6.45, 7) is 2.26. The molecule has 1 aromatic heterocycles. The zero-order valence-corrected chi connectivity index (χ0v) is 7.97. The molecule has 2 rings (SSSR count). The molecule has 1 fully saturated rings. The molecule has 0 aliphatic heterocycles. The zero-order chi connectivity index (χ0) is 8.55. The Morgan fingerprint density at radius 1 is 1.58 bits per heavy atom. The SMILES string of the molecule is CC1CC1c1ccc(CCCl)o1. The Balaban J connectivity index is 2.04. The third-order valence-corrected chi connectivity index (χ3v) is 2.69. The Morgan fingerprint density at radius 3 is 2.92 bits per heavy atom. The molecule has 0 aromatic carbocycles. The lowest BCUT2D eigenvalue weighted by Gasteiger charge is -1.91. The van der Waals surface area contributed by atoms with E-state index in [0.717, 1.165) is 23.9 Å². The molecule has 0 N–H and O–H groups in total. The van der Waals surface area contributed by atoms with Gasteiger partial charge in [-0.3, -0.25) is 0 Å². The first-order chi connectivity index (χ1) is 5.81. The molecule has 0 amide bonds. The lowest BCUT2D eigenvalue weighted by molar-refractivity contribution is 0.467. The topological polar surface area (TPSA) is 13.1 Å². The van der Waals surface area contributed by atoms with Crippen molar-refractivity contribution in [1.82, 2.24) is 0 Å². The van der Waals surface area contributed by atoms with Gasteiger partial charge in [0.05, 0.1) is 0 Å². The molecule has 12 heavy (non-hydrogen) atoms. The molecule has 2 atom stereocenters. The van der Waals surface area contributed by atoms with Crippen LogP contribution in [0.2, 0.25) is 0 Å². The molecular formula is C10H13ClO. The Labute approximate surface area is 77.7 Å². The van der Waals surface area contributed by atoms with E-state index < -0.39 is 0 Å². The lowest BCUT2D eigenvalue weighted by atomic mass is 10.3. The van der Waals surface area contributed by atoms with Gasteiger partial charge in [0.25, 0.3) is 0 Å². The number of rotatable bonds is 3. The number of hydrogen-bond acceptors (Lipinski definition) is 1. The van der Waals surface area contributed by atoms with Crippen molar-refractivity contribution in [3.63, 3.8) is 0 Å². The highest BCUT2D eigenvalue weighted by Gasteiger charge is 2.36. The highest BCUT2D eigenvalue weighted by atomic mass is 35.5. The van der Waals surface area contributed by atoms with Crippen molar-refractivity contribution in [2.24, 2.45) is 5.92 Å². The molecular weight excluding hydrogens is 172 g/mol. The Bertz CT molecular complexity index is 267. The molecule has 1 aromatic rings. The van der Waals surface area contributed by atoms with Crippen molar-refractivity contribution < 1.29 is 4.42 Å². The average Bonchev–Trinajstić information content (AvgIpc) is 2.62. The van der Waals surface area contributed by atoms with Crippen LogP contribution in [0.4, 0.5) is 0 Å². The monoisotopic (exact) mass is 184 g/mol. The van der Waals surface area contributed by atoms with E-state index in [-0.39, 0.29) is 0 Å². The fourth-order valence-electron chi connectivity index (χ4n) is 1.54. The van der Waals surface area contributed by atoms with E-state index in [1.54, 1.807) is 0 Å². The summed E-state index contributed by atoms with van der Waals surface area (Å²) in [6, 6.07) is 4.14. The maximum atomic E-state index is 5.63. The minimum atomic E-state index is 0.646. The summed E-state index contributed by atoms with van der Waals surface area (Å²) in [5.74, 6) is 4.34. The van der Waals surface area contributed by atoms with Crippen LogP contribution in [0.15, 0.2) is 16.5 Å². The smallest absolute Gasteiger partial charge is 0.107 e. The van der Waals surface area contributed by atoms with E-state index in [1.165, 1.54) is 6.42 Å². The third-order valence-electron chi connectivity index (χ3n) is 2.50. The number of aryl methyl sites for hydroxylation is 1. The molecule has 0 bridgehead atoms. The van der Waals surface area contributed by atoms with Gasteiger partial charge < -0.3 is 4.42 Å². The standard InChI is InChI=1S/C10H13ClO/c1-7-6-9(7)10-3-2-8(12-10)4-5-11/h2-3,7,9H,4-6H2,1H3. The Hall–Kier alpha value is -0.430. The van der Waals surface area contributed by atoms with Crippen LogP contribution in [0.3, 0.4) is 0 Å².